The number of fused-ring (bicyclic) bond motifs is 1. The number of ether oxygens (including phenoxy) is 1. The van der Waals surface area contributed by atoms with E-state index in [0.29, 0.717) is 12.1 Å². The monoisotopic (exact) mass is 345 g/mol. The molecule has 5 nitrogen and oxygen atoms in total. The SMILES string of the molecule is CCOC(=O)C1Cc2ccccc2N1S(=O)(=O)c1ccc(C)cc1. The van der Waals surface area contributed by atoms with Gasteiger partial charge in [-0.2, -0.15) is 0 Å². The molecule has 0 amide bonds. The Kier molecular flexibility index (Phi) is 4.32. The van der Waals surface area contributed by atoms with Crippen LogP contribution < -0.4 is 4.31 Å². The quantitative estimate of drug-likeness (QED) is 0.799. The number of esters is 1. The van der Waals surface area contributed by atoms with Crippen molar-refractivity contribution in [3.63, 3.8) is 0 Å². The molecule has 1 aliphatic rings. The molecule has 1 heterocycles. The fourth-order valence-electron chi connectivity index (χ4n) is 2.90. The third-order valence-electron chi connectivity index (χ3n) is 4.06. The Bertz CT molecular complexity index is 859. The van der Waals surface area contributed by atoms with Gasteiger partial charge in [-0.1, -0.05) is 35.9 Å². The summed E-state index contributed by atoms with van der Waals surface area (Å²) >= 11 is 0. The molecule has 1 atom stereocenters. The van der Waals surface area contributed by atoms with Gasteiger partial charge < -0.3 is 4.74 Å². The first-order chi connectivity index (χ1) is 11.4. The van der Waals surface area contributed by atoms with Crippen LogP contribution in [-0.2, 0) is 26.0 Å². The van der Waals surface area contributed by atoms with Gasteiger partial charge in [0.05, 0.1) is 17.2 Å². The minimum absolute atomic E-state index is 0.166. The van der Waals surface area contributed by atoms with Crippen LogP contribution in [0.15, 0.2) is 53.4 Å². The minimum atomic E-state index is -3.85. The number of carbonyl (C=O) groups excluding carboxylic acids is 1. The van der Waals surface area contributed by atoms with Crippen LogP contribution in [-0.4, -0.2) is 27.0 Å². The molecule has 0 spiro atoms. The average Bonchev–Trinajstić information content (AvgIpc) is 2.96. The Labute approximate surface area is 141 Å². The van der Waals surface area contributed by atoms with E-state index < -0.39 is 22.0 Å². The van der Waals surface area contributed by atoms with Crippen LogP contribution in [0, 0.1) is 6.92 Å². The number of carbonyl (C=O) groups is 1. The molecule has 0 aliphatic carbocycles. The molecule has 0 N–H and O–H groups in total. The van der Waals surface area contributed by atoms with Gasteiger partial charge in [-0.15, -0.1) is 0 Å². The van der Waals surface area contributed by atoms with E-state index >= 15 is 0 Å². The normalized spacial score (nSPS) is 16.8. The number of anilines is 1. The number of aryl methyl sites for hydroxylation is 1. The van der Waals surface area contributed by atoms with E-state index in [1.165, 1.54) is 4.31 Å². The second kappa shape index (κ2) is 6.28. The summed E-state index contributed by atoms with van der Waals surface area (Å²) in [4.78, 5) is 12.5. The molecule has 0 saturated heterocycles. The molecule has 0 bridgehead atoms. The van der Waals surface area contributed by atoms with Crippen molar-refractivity contribution in [1.82, 2.24) is 0 Å². The van der Waals surface area contributed by atoms with Crippen LogP contribution in [0.25, 0.3) is 0 Å². The molecular weight excluding hydrogens is 326 g/mol. The number of benzene rings is 2. The number of rotatable bonds is 4. The molecule has 0 radical (unpaired) electrons. The van der Waals surface area contributed by atoms with E-state index in [4.69, 9.17) is 4.74 Å². The maximum Gasteiger partial charge on any atom is 0.330 e. The topological polar surface area (TPSA) is 63.7 Å². The molecule has 0 fully saturated rings. The molecular formula is C18H19NO4S. The van der Waals surface area contributed by atoms with Crippen molar-refractivity contribution in [1.29, 1.82) is 0 Å². The largest absolute Gasteiger partial charge is 0.464 e. The van der Waals surface area contributed by atoms with Crippen molar-refractivity contribution >= 4 is 21.7 Å². The summed E-state index contributed by atoms with van der Waals surface area (Å²) in [5.41, 5.74) is 2.33. The Morgan fingerprint density at radius 2 is 1.83 bits per heavy atom. The maximum absolute atomic E-state index is 13.1. The van der Waals surface area contributed by atoms with E-state index in [1.54, 1.807) is 43.3 Å². The Morgan fingerprint density at radius 3 is 2.50 bits per heavy atom. The van der Waals surface area contributed by atoms with Crippen molar-refractivity contribution in [2.45, 2.75) is 31.2 Å². The molecule has 2 aromatic carbocycles. The second-order valence-corrected chi connectivity index (χ2v) is 7.53. The zero-order chi connectivity index (χ0) is 17.3. The predicted molar refractivity (Wildman–Crippen MR) is 91.4 cm³/mol. The van der Waals surface area contributed by atoms with Crippen LogP contribution in [0.1, 0.15) is 18.1 Å². The summed E-state index contributed by atoms with van der Waals surface area (Å²) in [6, 6.07) is 12.9. The first-order valence-corrected chi connectivity index (χ1v) is 9.25. The van der Waals surface area contributed by atoms with Gasteiger partial charge in [0, 0.05) is 6.42 Å². The van der Waals surface area contributed by atoms with Gasteiger partial charge in [0.15, 0.2) is 0 Å². The molecule has 1 aliphatic heterocycles. The number of para-hydroxylation sites is 1. The smallest absolute Gasteiger partial charge is 0.330 e. The first kappa shape index (κ1) is 16.5. The summed E-state index contributed by atoms with van der Waals surface area (Å²) < 4.78 is 32.6. The lowest BCUT2D eigenvalue weighted by Gasteiger charge is -2.25. The minimum Gasteiger partial charge on any atom is -0.464 e. The standard InChI is InChI=1S/C18H19NO4S/c1-3-23-18(20)17-12-14-6-4-5-7-16(14)19(17)24(21,22)15-10-8-13(2)9-11-15/h4-11,17H,3,12H2,1-2H3. The molecule has 1 unspecified atom stereocenters. The third-order valence-corrected chi connectivity index (χ3v) is 5.90. The van der Waals surface area contributed by atoms with E-state index in [0.717, 1.165) is 11.1 Å². The zero-order valence-electron chi connectivity index (χ0n) is 13.6. The van der Waals surface area contributed by atoms with Crippen molar-refractivity contribution < 1.29 is 17.9 Å². The Hall–Kier alpha value is -2.34. The fraction of sp³-hybridized carbons (Fsp3) is 0.278. The van der Waals surface area contributed by atoms with Gasteiger partial charge in [-0.05, 0) is 37.6 Å². The molecule has 0 aromatic heterocycles. The van der Waals surface area contributed by atoms with Crippen molar-refractivity contribution in [3.8, 4) is 0 Å². The van der Waals surface area contributed by atoms with Crippen LogP contribution in [0.3, 0.4) is 0 Å². The molecule has 0 saturated carbocycles. The van der Waals surface area contributed by atoms with Crippen molar-refractivity contribution in [2.24, 2.45) is 0 Å². The summed E-state index contributed by atoms with van der Waals surface area (Å²) in [5.74, 6) is -0.524. The lowest BCUT2D eigenvalue weighted by atomic mass is 10.1. The lowest BCUT2D eigenvalue weighted by Crippen LogP contribution is -2.43. The molecule has 24 heavy (non-hydrogen) atoms. The zero-order valence-corrected chi connectivity index (χ0v) is 14.4. The fourth-order valence-corrected chi connectivity index (χ4v) is 4.54. The molecule has 3 rings (SSSR count). The highest BCUT2D eigenvalue weighted by Gasteiger charge is 2.42. The van der Waals surface area contributed by atoms with E-state index in [1.807, 2.05) is 19.1 Å². The molecule has 126 valence electrons. The number of nitrogens with zero attached hydrogens (tertiary/aromatic N) is 1. The van der Waals surface area contributed by atoms with E-state index in [-0.39, 0.29) is 11.5 Å². The summed E-state index contributed by atoms with van der Waals surface area (Å²) in [6.07, 6.45) is 0.320. The van der Waals surface area contributed by atoms with E-state index in [2.05, 4.69) is 0 Å². The van der Waals surface area contributed by atoms with Crippen molar-refractivity contribution in [2.75, 3.05) is 10.9 Å². The Balaban J connectivity index is 2.09. The average molecular weight is 345 g/mol. The first-order valence-electron chi connectivity index (χ1n) is 7.81. The number of hydrogen-bond acceptors (Lipinski definition) is 4. The van der Waals surface area contributed by atoms with Crippen molar-refractivity contribution in [3.05, 3.63) is 59.7 Å². The van der Waals surface area contributed by atoms with Crippen LogP contribution >= 0.6 is 0 Å². The maximum atomic E-state index is 13.1. The lowest BCUT2D eigenvalue weighted by molar-refractivity contribution is -0.144. The molecule has 2 aromatic rings. The van der Waals surface area contributed by atoms with E-state index in [9.17, 15) is 13.2 Å². The summed E-state index contributed by atoms with van der Waals surface area (Å²) in [6.45, 7) is 3.81. The van der Waals surface area contributed by atoms with Gasteiger partial charge in [-0.25, -0.2) is 13.2 Å². The Morgan fingerprint density at radius 1 is 1.17 bits per heavy atom. The predicted octanol–water partition coefficient (Wildman–Crippen LogP) is 2.68. The van der Waals surface area contributed by atoms with Gasteiger partial charge in [0.1, 0.15) is 6.04 Å². The second-order valence-electron chi connectivity index (χ2n) is 5.71. The van der Waals surface area contributed by atoms with Gasteiger partial charge >= 0.3 is 5.97 Å². The highest BCUT2D eigenvalue weighted by molar-refractivity contribution is 7.93. The summed E-state index contributed by atoms with van der Waals surface area (Å²) in [7, 11) is -3.85. The number of sulfonamides is 1. The van der Waals surface area contributed by atoms with Gasteiger partial charge in [-0.3, -0.25) is 4.31 Å². The van der Waals surface area contributed by atoms with Crippen LogP contribution in [0.2, 0.25) is 0 Å². The highest BCUT2D eigenvalue weighted by atomic mass is 32.2. The third kappa shape index (κ3) is 2.78. The summed E-state index contributed by atoms with van der Waals surface area (Å²) in [5, 5.41) is 0. The number of hydrogen-bond donors (Lipinski definition) is 0. The molecule has 6 heteroatoms. The van der Waals surface area contributed by atoms with Crippen LogP contribution in [0.5, 0.6) is 0 Å². The van der Waals surface area contributed by atoms with Gasteiger partial charge in [0.2, 0.25) is 0 Å². The van der Waals surface area contributed by atoms with Gasteiger partial charge in [0.25, 0.3) is 10.0 Å². The highest BCUT2D eigenvalue weighted by Crippen LogP contribution is 2.37. The van der Waals surface area contributed by atoms with Crippen LogP contribution in [0.4, 0.5) is 5.69 Å².